The van der Waals surface area contributed by atoms with E-state index in [0.29, 0.717) is 32.7 Å². The lowest BCUT2D eigenvalue weighted by Crippen LogP contribution is -2.49. The summed E-state index contributed by atoms with van der Waals surface area (Å²) in [5, 5.41) is 11.9. The smallest absolute Gasteiger partial charge is 0.394 e. The van der Waals surface area contributed by atoms with Gasteiger partial charge in [0.15, 0.2) is 5.13 Å². The van der Waals surface area contributed by atoms with Crippen LogP contribution in [0.25, 0.3) is 11.3 Å². The molecule has 3 aromatic rings. The summed E-state index contributed by atoms with van der Waals surface area (Å²) in [4.78, 5) is 32.3. The van der Waals surface area contributed by atoms with Crippen molar-refractivity contribution in [3.63, 3.8) is 0 Å². The Labute approximate surface area is 250 Å². The first kappa shape index (κ1) is 30.2. The van der Waals surface area contributed by atoms with Crippen molar-refractivity contribution in [2.24, 2.45) is 11.8 Å². The van der Waals surface area contributed by atoms with Crippen LogP contribution in [0.5, 0.6) is 5.75 Å². The molecule has 0 aliphatic carbocycles. The maximum absolute atomic E-state index is 13.7. The summed E-state index contributed by atoms with van der Waals surface area (Å²) < 4.78 is 47.1. The van der Waals surface area contributed by atoms with E-state index in [-0.39, 0.29) is 25.5 Å². The van der Waals surface area contributed by atoms with E-state index in [9.17, 15) is 27.9 Å². The highest BCUT2D eigenvalue weighted by molar-refractivity contribution is 7.14. The second kappa shape index (κ2) is 12.5. The summed E-state index contributed by atoms with van der Waals surface area (Å²) in [6, 6.07) is 10.7. The fourth-order valence-corrected chi connectivity index (χ4v) is 6.58. The molecule has 224 valence electrons. The first-order valence-corrected chi connectivity index (χ1v) is 15.1. The van der Waals surface area contributed by atoms with Gasteiger partial charge in [-0.25, -0.2) is 4.98 Å². The van der Waals surface area contributed by atoms with Crippen molar-refractivity contribution in [2.45, 2.75) is 45.4 Å². The number of aromatic nitrogens is 1. The van der Waals surface area contributed by atoms with Crippen molar-refractivity contribution in [3.05, 3.63) is 63.5 Å². The van der Waals surface area contributed by atoms with Crippen molar-refractivity contribution >= 4 is 39.9 Å². The van der Waals surface area contributed by atoms with E-state index in [1.54, 1.807) is 23.6 Å². The van der Waals surface area contributed by atoms with E-state index in [1.807, 2.05) is 30.0 Å². The van der Waals surface area contributed by atoms with E-state index in [0.717, 1.165) is 43.5 Å². The average molecular weight is 622 g/mol. The highest BCUT2D eigenvalue weighted by atomic mass is 35.5. The predicted molar refractivity (Wildman–Crippen MR) is 155 cm³/mol. The summed E-state index contributed by atoms with van der Waals surface area (Å²) in [6.45, 7) is 3.41. The summed E-state index contributed by atoms with van der Waals surface area (Å²) in [7, 11) is 0. The predicted octanol–water partition coefficient (Wildman–Crippen LogP) is 7.07. The molecule has 1 aromatic heterocycles. The molecule has 2 unspecified atom stereocenters. The standard InChI is InChI=1S/C30H31ClF3N3O4S/c1-18-13-19(27(38)36-10-3-2-4-11-36)5-6-20(18)16-41-26-8-7-21(31)14-23(26)25-17-42-29(35-25)37-12-9-22(28(39)40)24(15-37)30(32,33)34/h5-8,13-14,17,22,24H,2-4,9-12,15-16H2,1H3,(H,39,40). The van der Waals surface area contributed by atoms with Crippen LogP contribution in [0.4, 0.5) is 18.3 Å². The number of aliphatic carboxylic acids is 1. The van der Waals surface area contributed by atoms with E-state index >= 15 is 0 Å². The Morgan fingerprint density at radius 1 is 1.12 bits per heavy atom. The number of nitrogens with zero attached hydrogens (tertiary/aromatic N) is 3. The number of ether oxygens (including phenoxy) is 1. The number of aryl methyl sites for hydroxylation is 1. The summed E-state index contributed by atoms with van der Waals surface area (Å²) in [5.41, 5.74) is 3.57. The number of carbonyl (C=O) groups is 2. The third-order valence-corrected chi connectivity index (χ3v) is 9.08. The van der Waals surface area contributed by atoms with Crippen molar-refractivity contribution < 1.29 is 32.6 Å². The van der Waals surface area contributed by atoms with Gasteiger partial charge in [-0.1, -0.05) is 17.7 Å². The van der Waals surface area contributed by atoms with Gasteiger partial charge in [0.25, 0.3) is 5.91 Å². The lowest BCUT2D eigenvalue weighted by Gasteiger charge is -2.37. The van der Waals surface area contributed by atoms with Crippen LogP contribution in [0.1, 0.15) is 47.2 Å². The number of carboxylic acids is 1. The van der Waals surface area contributed by atoms with Gasteiger partial charge in [-0.2, -0.15) is 13.2 Å². The Morgan fingerprint density at radius 3 is 2.57 bits per heavy atom. The minimum atomic E-state index is -4.63. The number of halogens is 4. The minimum Gasteiger partial charge on any atom is -0.488 e. The summed E-state index contributed by atoms with van der Waals surface area (Å²) in [5.74, 6) is -4.35. The van der Waals surface area contributed by atoms with Crippen LogP contribution in [0.2, 0.25) is 5.02 Å². The molecule has 0 saturated carbocycles. The number of hydrogen-bond donors (Lipinski definition) is 1. The maximum atomic E-state index is 13.7. The van der Waals surface area contributed by atoms with Crippen LogP contribution < -0.4 is 9.64 Å². The number of carboxylic acid groups (broad SMARTS) is 1. The molecule has 0 bridgehead atoms. The number of rotatable bonds is 7. The molecule has 2 saturated heterocycles. The molecular formula is C30H31ClF3N3O4S. The van der Waals surface area contributed by atoms with E-state index in [1.165, 1.54) is 16.2 Å². The zero-order valence-corrected chi connectivity index (χ0v) is 24.6. The SMILES string of the molecule is Cc1cc(C(=O)N2CCCCC2)ccc1COc1ccc(Cl)cc1-c1csc(N2CCC(C(=O)O)C(C(F)(F)F)C2)n1. The number of piperidine rings is 2. The number of amides is 1. The Bertz CT molecular complexity index is 1460. The number of anilines is 1. The largest absolute Gasteiger partial charge is 0.488 e. The highest BCUT2D eigenvalue weighted by Crippen LogP contribution is 2.41. The normalized spacial score (nSPS) is 19.5. The molecule has 1 amide bonds. The molecule has 2 atom stereocenters. The van der Waals surface area contributed by atoms with Crippen molar-refractivity contribution in [1.82, 2.24) is 9.88 Å². The number of thiazole rings is 1. The molecule has 2 aliphatic rings. The second-order valence-electron chi connectivity index (χ2n) is 10.8. The van der Waals surface area contributed by atoms with E-state index < -0.39 is 30.5 Å². The average Bonchev–Trinajstić information content (AvgIpc) is 3.46. The van der Waals surface area contributed by atoms with E-state index in [4.69, 9.17) is 16.3 Å². The third-order valence-electron chi connectivity index (χ3n) is 7.95. The van der Waals surface area contributed by atoms with Crippen LogP contribution in [0, 0.1) is 18.8 Å². The Balaban J connectivity index is 1.31. The number of hydrogen-bond acceptors (Lipinski definition) is 6. The molecule has 7 nitrogen and oxygen atoms in total. The molecule has 0 radical (unpaired) electrons. The van der Waals surface area contributed by atoms with Crippen molar-refractivity contribution in [3.8, 4) is 17.0 Å². The van der Waals surface area contributed by atoms with Crippen LogP contribution in [0.15, 0.2) is 41.8 Å². The maximum Gasteiger partial charge on any atom is 0.394 e. The van der Waals surface area contributed by atoms with E-state index in [2.05, 4.69) is 4.98 Å². The minimum absolute atomic E-state index is 0.0401. The van der Waals surface area contributed by atoms with Crippen LogP contribution in [0.3, 0.4) is 0 Å². The zero-order chi connectivity index (χ0) is 30.0. The lowest BCUT2D eigenvalue weighted by atomic mass is 9.85. The van der Waals surface area contributed by atoms with Crippen LogP contribution in [-0.2, 0) is 11.4 Å². The molecule has 1 N–H and O–H groups in total. The fraction of sp³-hybridized carbons (Fsp3) is 0.433. The molecule has 5 rings (SSSR count). The highest BCUT2D eigenvalue weighted by Gasteiger charge is 2.50. The third kappa shape index (κ3) is 6.67. The van der Waals surface area contributed by atoms with Gasteiger partial charge in [0.2, 0.25) is 0 Å². The fourth-order valence-electron chi connectivity index (χ4n) is 5.54. The van der Waals surface area contributed by atoms with Gasteiger partial charge in [0, 0.05) is 47.7 Å². The van der Waals surface area contributed by atoms with Crippen LogP contribution in [-0.4, -0.2) is 59.2 Å². The number of carbonyl (C=O) groups excluding carboxylic acids is 1. The van der Waals surface area contributed by atoms with Gasteiger partial charge in [0.1, 0.15) is 12.4 Å². The topological polar surface area (TPSA) is 83.0 Å². The number of benzene rings is 2. The van der Waals surface area contributed by atoms with Gasteiger partial charge in [0.05, 0.1) is 17.5 Å². The molecule has 2 fully saturated rings. The van der Waals surface area contributed by atoms with Gasteiger partial charge in [-0.15, -0.1) is 11.3 Å². The Morgan fingerprint density at radius 2 is 1.88 bits per heavy atom. The van der Waals surface area contributed by atoms with Crippen molar-refractivity contribution in [1.29, 1.82) is 0 Å². The van der Waals surface area contributed by atoms with Crippen LogP contribution >= 0.6 is 22.9 Å². The first-order chi connectivity index (χ1) is 20.0. The van der Waals surface area contributed by atoms with Crippen molar-refractivity contribution in [2.75, 3.05) is 31.1 Å². The number of likely N-dealkylation sites (tertiary alicyclic amines) is 1. The molecule has 2 aliphatic heterocycles. The summed E-state index contributed by atoms with van der Waals surface area (Å²) >= 11 is 7.47. The zero-order valence-electron chi connectivity index (χ0n) is 23.0. The van der Waals surface area contributed by atoms with Gasteiger partial charge in [-0.05, 0) is 74.1 Å². The Hall–Kier alpha value is -3.31. The van der Waals surface area contributed by atoms with Gasteiger partial charge < -0.3 is 19.6 Å². The lowest BCUT2D eigenvalue weighted by molar-refractivity contribution is -0.197. The first-order valence-electron chi connectivity index (χ1n) is 13.8. The molecular weight excluding hydrogens is 591 g/mol. The monoisotopic (exact) mass is 621 g/mol. The second-order valence-corrected chi connectivity index (χ2v) is 12.0. The molecule has 3 heterocycles. The molecule has 2 aromatic carbocycles. The van der Waals surface area contributed by atoms with Gasteiger partial charge in [-0.3, -0.25) is 9.59 Å². The Kier molecular flexibility index (Phi) is 8.98. The van der Waals surface area contributed by atoms with Gasteiger partial charge >= 0.3 is 12.1 Å². The quantitative estimate of drug-likeness (QED) is 0.304. The summed E-state index contributed by atoms with van der Waals surface area (Å²) in [6.07, 6.45) is -1.55. The molecule has 42 heavy (non-hydrogen) atoms. The molecule has 12 heteroatoms. The molecule has 0 spiro atoms. The number of alkyl halides is 3.